The van der Waals surface area contributed by atoms with E-state index >= 15 is 0 Å². The van der Waals surface area contributed by atoms with Crippen molar-refractivity contribution in [3.05, 3.63) is 0 Å². The van der Waals surface area contributed by atoms with Gasteiger partial charge in [-0.25, -0.2) is 0 Å². The van der Waals surface area contributed by atoms with Crippen molar-refractivity contribution in [1.29, 1.82) is 0 Å². The lowest BCUT2D eigenvalue weighted by atomic mass is 9.41. The number of carbonyl (C=O) groups is 4. The normalized spacial score (nSPS) is 47.8. The highest BCUT2D eigenvalue weighted by atomic mass is 16.6. The van der Waals surface area contributed by atoms with E-state index in [4.69, 9.17) is 23.7 Å². The van der Waals surface area contributed by atoms with E-state index in [-0.39, 0.29) is 93.1 Å². The van der Waals surface area contributed by atoms with Crippen LogP contribution in [0.2, 0.25) is 0 Å². The van der Waals surface area contributed by atoms with Crippen molar-refractivity contribution in [3.63, 3.8) is 0 Å². The fraction of sp³-hybridized carbons (Fsp3) is 0.895. The number of fused-ring (bicyclic) bond motifs is 2. The van der Waals surface area contributed by atoms with E-state index in [1.54, 1.807) is 0 Å². The Kier molecular flexibility index (Phi) is 7.88. The Morgan fingerprint density at radius 3 is 1.89 bits per heavy atom. The molecule has 0 bridgehead atoms. The Hall–Kier alpha value is -2.16. The molecule has 0 amide bonds. The molecule has 9 nitrogen and oxygen atoms in total. The summed E-state index contributed by atoms with van der Waals surface area (Å²) in [4.78, 5) is 49.5. The maximum atomic E-state index is 12.7. The first-order valence-electron chi connectivity index (χ1n) is 18.0. The highest BCUT2D eigenvalue weighted by Crippen LogP contribution is 2.89. The van der Waals surface area contributed by atoms with Crippen molar-refractivity contribution in [2.75, 3.05) is 0 Å². The molecule has 47 heavy (non-hydrogen) atoms. The number of hydrogen-bond acceptors (Lipinski definition) is 9. The average molecular weight is 659 g/mol. The number of rotatable bonds is 6. The minimum Gasteiger partial charge on any atom is -0.462 e. The van der Waals surface area contributed by atoms with E-state index in [0.29, 0.717) is 0 Å². The van der Waals surface area contributed by atoms with Crippen LogP contribution in [0.4, 0.5) is 0 Å². The summed E-state index contributed by atoms with van der Waals surface area (Å²) in [6.07, 6.45) is 6.77. The van der Waals surface area contributed by atoms with Crippen LogP contribution in [-0.4, -0.2) is 59.5 Å². The zero-order valence-electron chi connectivity index (χ0n) is 30.6. The Labute approximate surface area is 280 Å². The predicted molar refractivity (Wildman–Crippen MR) is 173 cm³/mol. The van der Waals surface area contributed by atoms with Crippen molar-refractivity contribution in [1.82, 2.24) is 0 Å². The number of esters is 4. The zero-order valence-corrected chi connectivity index (χ0v) is 30.6. The minimum atomic E-state index is -0.784. The van der Waals surface area contributed by atoms with Gasteiger partial charge in [-0.1, -0.05) is 27.7 Å². The van der Waals surface area contributed by atoms with Crippen molar-refractivity contribution < 1.29 is 42.9 Å². The first kappa shape index (κ1) is 34.7. The van der Waals surface area contributed by atoms with Crippen LogP contribution in [-0.2, 0) is 42.9 Å². The van der Waals surface area contributed by atoms with Crippen LogP contribution < -0.4 is 0 Å². The molecule has 6 fully saturated rings. The smallest absolute Gasteiger partial charge is 0.303 e. The molecule has 1 aliphatic heterocycles. The standard InChI is InChI=1S/C38H58O9/c1-21(39)43-25-18-27-35(10)19-26(44-22(2)40)31(36(11)14-12-29(47-36)33(7,8)46-24(4)42)34(35,9)16-17-37(27)20-38(37)15-13-28(45-23(3)41)32(5,6)30(25)38/h25-31H,12-20H2,1-11H3/t25-,26+,27-,28+,29+,30+,31-,34+,35-,36-,37-,38+/m0/s1. The third kappa shape index (κ3) is 4.85. The largest absolute Gasteiger partial charge is 0.462 e. The van der Waals surface area contributed by atoms with Crippen LogP contribution in [0.15, 0.2) is 0 Å². The van der Waals surface area contributed by atoms with Gasteiger partial charge in [0.25, 0.3) is 0 Å². The molecule has 0 aromatic heterocycles. The van der Waals surface area contributed by atoms with Gasteiger partial charge in [0.15, 0.2) is 0 Å². The van der Waals surface area contributed by atoms with Gasteiger partial charge in [0, 0.05) is 44.9 Å². The molecule has 0 N–H and O–H groups in total. The summed E-state index contributed by atoms with van der Waals surface area (Å²) < 4.78 is 31.2. The topological polar surface area (TPSA) is 114 Å². The first-order valence-corrected chi connectivity index (χ1v) is 18.0. The molecular weight excluding hydrogens is 600 g/mol. The van der Waals surface area contributed by atoms with Crippen molar-refractivity contribution >= 4 is 23.9 Å². The van der Waals surface area contributed by atoms with E-state index in [1.807, 2.05) is 13.8 Å². The molecule has 6 rings (SSSR count). The highest BCUT2D eigenvalue weighted by molar-refractivity contribution is 5.67. The summed E-state index contributed by atoms with van der Waals surface area (Å²) in [5, 5.41) is 0. The molecule has 2 spiro atoms. The summed E-state index contributed by atoms with van der Waals surface area (Å²) in [6.45, 7) is 21.1. The van der Waals surface area contributed by atoms with Gasteiger partial charge in [-0.05, 0) is 106 Å². The van der Waals surface area contributed by atoms with E-state index in [2.05, 4.69) is 34.6 Å². The van der Waals surface area contributed by atoms with E-state index in [1.165, 1.54) is 27.7 Å². The third-order valence-electron chi connectivity index (χ3n) is 15.0. The van der Waals surface area contributed by atoms with Gasteiger partial charge in [0.05, 0.1) is 11.7 Å². The van der Waals surface area contributed by atoms with Crippen molar-refractivity contribution in [2.24, 2.45) is 44.8 Å². The average Bonchev–Trinajstić information content (AvgIpc) is 3.26. The summed E-state index contributed by atoms with van der Waals surface area (Å²) >= 11 is 0. The molecule has 1 heterocycles. The van der Waals surface area contributed by atoms with Crippen LogP contribution >= 0.6 is 0 Å². The van der Waals surface area contributed by atoms with E-state index < -0.39 is 11.2 Å². The van der Waals surface area contributed by atoms with Gasteiger partial charge in [-0.15, -0.1) is 0 Å². The van der Waals surface area contributed by atoms with Crippen LogP contribution in [0.1, 0.15) is 134 Å². The molecular formula is C38H58O9. The molecule has 9 heteroatoms. The summed E-state index contributed by atoms with van der Waals surface area (Å²) in [7, 11) is 0. The fourth-order valence-corrected chi connectivity index (χ4v) is 13.5. The Morgan fingerprint density at radius 2 is 1.30 bits per heavy atom. The second-order valence-corrected chi connectivity index (χ2v) is 18.2. The Bertz CT molecular complexity index is 1350. The van der Waals surface area contributed by atoms with Crippen LogP contribution in [0.25, 0.3) is 0 Å². The van der Waals surface area contributed by atoms with E-state index in [9.17, 15) is 19.2 Å². The highest BCUT2D eigenvalue weighted by Gasteiger charge is 2.85. The van der Waals surface area contributed by atoms with Gasteiger partial charge in [0.1, 0.15) is 23.9 Å². The van der Waals surface area contributed by atoms with Gasteiger partial charge < -0.3 is 23.7 Å². The molecule has 6 aliphatic rings. The number of ether oxygens (including phenoxy) is 5. The molecule has 0 aromatic carbocycles. The fourth-order valence-electron chi connectivity index (χ4n) is 13.5. The second kappa shape index (κ2) is 10.7. The lowest BCUT2D eigenvalue weighted by molar-refractivity contribution is -0.225. The predicted octanol–water partition coefficient (Wildman–Crippen LogP) is 6.72. The van der Waals surface area contributed by atoms with Gasteiger partial charge in [-0.2, -0.15) is 0 Å². The maximum absolute atomic E-state index is 12.7. The number of carbonyl (C=O) groups excluding carboxylic acids is 4. The van der Waals surface area contributed by atoms with Gasteiger partial charge >= 0.3 is 23.9 Å². The maximum Gasteiger partial charge on any atom is 0.303 e. The molecule has 0 aromatic rings. The lowest BCUT2D eigenvalue weighted by Gasteiger charge is -2.64. The SMILES string of the molecule is CC(=O)O[C@H]1C[C@@H]2[C@]3(CC[C@]4(C)[C@@H]([C@]5(C)CC[C@H](C(C)(C)OC(C)=O)O5)[C@H](OC(C)=O)C[C@@]24C)C[C@@]32CC[C@@H](OC(C)=O)C(C)(C)[C@@H]12. The van der Waals surface area contributed by atoms with E-state index in [0.717, 1.165) is 57.8 Å². The quantitative estimate of drug-likeness (QED) is 0.227. The third-order valence-corrected chi connectivity index (χ3v) is 15.0. The zero-order chi connectivity index (χ0) is 34.8. The molecule has 5 saturated carbocycles. The summed E-state index contributed by atoms with van der Waals surface area (Å²) in [6, 6.07) is 0. The van der Waals surface area contributed by atoms with Gasteiger partial charge in [-0.3, -0.25) is 19.2 Å². The van der Waals surface area contributed by atoms with Crippen molar-refractivity contribution in [2.45, 2.75) is 170 Å². The van der Waals surface area contributed by atoms with Crippen LogP contribution in [0.3, 0.4) is 0 Å². The Balaban J connectivity index is 1.39. The molecule has 264 valence electrons. The summed E-state index contributed by atoms with van der Waals surface area (Å²) in [5.74, 6) is -0.867. The lowest BCUT2D eigenvalue weighted by Crippen LogP contribution is -2.63. The first-order chi connectivity index (χ1) is 21.6. The summed E-state index contributed by atoms with van der Waals surface area (Å²) in [5.41, 5.74) is -2.06. The molecule has 0 unspecified atom stereocenters. The molecule has 5 aliphatic carbocycles. The molecule has 0 radical (unpaired) electrons. The molecule has 1 saturated heterocycles. The van der Waals surface area contributed by atoms with Crippen LogP contribution in [0, 0.1) is 44.8 Å². The monoisotopic (exact) mass is 658 g/mol. The van der Waals surface area contributed by atoms with Gasteiger partial charge in [0.2, 0.25) is 0 Å². The van der Waals surface area contributed by atoms with Crippen LogP contribution in [0.5, 0.6) is 0 Å². The Morgan fingerprint density at radius 1 is 0.681 bits per heavy atom. The number of hydrogen-bond donors (Lipinski definition) is 0. The minimum absolute atomic E-state index is 0.00243. The van der Waals surface area contributed by atoms with Crippen molar-refractivity contribution in [3.8, 4) is 0 Å². The second-order valence-electron chi connectivity index (χ2n) is 18.2. The molecule has 12 atom stereocenters.